The summed E-state index contributed by atoms with van der Waals surface area (Å²) in [5.74, 6) is 1.67. The number of ether oxygens (including phenoxy) is 1. The van der Waals surface area contributed by atoms with Crippen LogP contribution in [0.1, 0.15) is 44.5 Å². The van der Waals surface area contributed by atoms with Crippen molar-refractivity contribution in [3.63, 3.8) is 0 Å². The molecule has 1 aliphatic heterocycles. The van der Waals surface area contributed by atoms with E-state index in [0.29, 0.717) is 12.1 Å². The fourth-order valence-electron chi connectivity index (χ4n) is 2.70. The summed E-state index contributed by atoms with van der Waals surface area (Å²) in [6.07, 6.45) is 5.09. The minimum absolute atomic E-state index is 0.332. The van der Waals surface area contributed by atoms with Crippen LogP contribution >= 0.6 is 0 Å². The number of nitrogens with one attached hydrogen (secondary N) is 1. The van der Waals surface area contributed by atoms with Crippen molar-refractivity contribution in [2.45, 2.75) is 51.3 Å². The number of hydrogen-bond donors (Lipinski definition) is 1. The molecule has 100 valence electrons. The van der Waals surface area contributed by atoms with Crippen molar-refractivity contribution >= 4 is 0 Å². The summed E-state index contributed by atoms with van der Waals surface area (Å²) in [7, 11) is 0. The quantitative estimate of drug-likeness (QED) is 0.761. The molecule has 1 saturated carbocycles. The first-order valence-corrected chi connectivity index (χ1v) is 6.99. The summed E-state index contributed by atoms with van der Waals surface area (Å²) in [5, 5.41) is 15.5. The van der Waals surface area contributed by atoms with E-state index in [-0.39, 0.29) is 0 Å². The lowest BCUT2D eigenvalue weighted by atomic mass is 10.1. The van der Waals surface area contributed by atoms with Crippen LogP contribution in [0.2, 0.25) is 0 Å². The summed E-state index contributed by atoms with van der Waals surface area (Å²) in [6.45, 7) is 4.74. The standard InChI is InChI=1S/C12H21N5O/c1-2-6-13-8-11-14-15-16-17(11)10-5-7-18-12(10)9-3-4-9/h9-10,12-13H,2-8H2,1H3. The topological polar surface area (TPSA) is 64.9 Å². The van der Waals surface area contributed by atoms with Crippen LogP contribution in [0.15, 0.2) is 0 Å². The maximum absolute atomic E-state index is 5.86. The molecular weight excluding hydrogens is 230 g/mol. The van der Waals surface area contributed by atoms with E-state index in [1.54, 1.807) is 0 Å². The molecule has 2 atom stereocenters. The molecule has 2 heterocycles. The van der Waals surface area contributed by atoms with Gasteiger partial charge in [-0.05, 0) is 48.6 Å². The SMILES string of the molecule is CCCNCc1nnnn1C1CCOC1C1CC1. The normalized spacial score (nSPS) is 27.8. The van der Waals surface area contributed by atoms with Gasteiger partial charge >= 0.3 is 0 Å². The highest BCUT2D eigenvalue weighted by Crippen LogP contribution is 2.43. The van der Waals surface area contributed by atoms with Crippen LogP contribution in [-0.4, -0.2) is 39.5 Å². The number of rotatable bonds is 6. The van der Waals surface area contributed by atoms with Gasteiger partial charge in [-0.2, -0.15) is 0 Å². The van der Waals surface area contributed by atoms with Gasteiger partial charge in [0.1, 0.15) is 0 Å². The summed E-state index contributed by atoms with van der Waals surface area (Å²) in [6, 6.07) is 0.339. The average molecular weight is 251 g/mol. The Labute approximate surface area is 107 Å². The van der Waals surface area contributed by atoms with Crippen LogP contribution in [0.3, 0.4) is 0 Å². The number of hydrogen-bond acceptors (Lipinski definition) is 5. The first kappa shape index (κ1) is 12.0. The van der Waals surface area contributed by atoms with Gasteiger partial charge in [0.05, 0.1) is 18.7 Å². The molecule has 6 heteroatoms. The second-order valence-corrected chi connectivity index (χ2v) is 5.25. The summed E-state index contributed by atoms with van der Waals surface area (Å²) in [5.41, 5.74) is 0. The zero-order valence-corrected chi connectivity index (χ0v) is 10.9. The molecule has 1 saturated heterocycles. The monoisotopic (exact) mass is 251 g/mol. The van der Waals surface area contributed by atoms with E-state index in [1.807, 2.05) is 4.68 Å². The van der Waals surface area contributed by atoms with Gasteiger partial charge in [0.25, 0.3) is 0 Å². The summed E-state index contributed by atoms with van der Waals surface area (Å²) >= 11 is 0. The van der Waals surface area contributed by atoms with Gasteiger partial charge in [0, 0.05) is 6.61 Å². The number of tetrazole rings is 1. The molecule has 0 amide bonds. The van der Waals surface area contributed by atoms with Crippen molar-refractivity contribution in [3.8, 4) is 0 Å². The molecule has 1 aromatic rings. The van der Waals surface area contributed by atoms with Crippen LogP contribution in [0, 0.1) is 5.92 Å². The molecule has 0 spiro atoms. The fourth-order valence-corrected chi connectivity index (χ4v) is 2.70. The van der Waals surface area contributed by atoms with Crippen LogP contribution in [0.25, 0.3) is 0 Å². The van der Waals surface area contributed by atoms with Gasteiger partial charge in [-0.3, -0.25) is 0 Å². The predicted molar refractivity (Wildman–Crippen MR) is 65.9 cm³/mol. The second-order valence-electron chi connectivity index (χ2n) is 5.25. The minimum Gasteiger partial charge on any atom is -0.376 e. The van der Waals surface area contributed by atoms with Gasteiger partial charge in [0.2, 0.25) is 0 Å². The van der Waals surface area contributed by atoms with E-state index in [1.165, 1.54) is 12.8 Å². The van der Waals surface area contributed by atoms with Crippen LogP contribution in [0.4, 0.5) is 0 Å². The first-order chi connectivity index (χ1) is 8.90. The molecule has 3 rings (SSSR count). The Balaban J connectivity index is 1.68. The van der Waals surface area contributed by atoms with Crippen LogP contribution in [0.5, 0.6) is 0 Å². The zero-order valence-electron chi connectivity index (χ0n) is 10.9. The molecule has 2 unspecified atom stereocenters. The maximum Gasteiger partial charge on any atom is 0.165 e. The highest BCUT2D eigenvalue weighted by Gasteiger charge is 2.42. The lowest BCUT2D eigenvalue weighted by molar-refractivity contribution is 0.0714. The highest BCUT2D eigenvalue weighted by atomic mass is 16.5. The molecule has 1 aromatic heterocycles. The van der Waals surface area contributed by atoms with E-state index >= 15 is 0 Å². The lowest BCUT2D eigenvalue weighted by Crippen LogP contribution is -2.27. The van der Waals surface area contributed by atoms with Crippen molar-refractivity contribution < 1.29 is 4.74 Å². The summed E-state index contributed by atoms with van der Waals surface area (Å²) in [4.78, 5) is 0. The highest BCUT2D eigenvalue weighted by molar-refractivity contribution is 4.95. The van der Waals surface area contributed by atoms with Gasteiger partial charge in [-0.15, -0.1) is 5.10 Å². The Bertz CT molecular complexity index is 390. The van der Waals surface area contributed by atoms with E-state index < -0.39 is 0 Å². The molecule has 0 bridgehead atoms. The molecule has 0 aromatic carbocycles. The smallest absolute Gasteiger partial charge is 0.165 e. The van der Waals surface area contributed by atoms with E-state index in [0.717, 1.165) is 44.3 Å². The van der Waals surface area contributed by atoms with Crippen molar-refractivity contribution in [2.24, 2.45) is 5.92 Å². The van der Waals surface area contributed by atoms with Gasteiger partial charge in [0.15, 0.2) is 5.82 Å². The largest absolute Gasteiger partial charge is 0.376 e. The maximum atomic E-state index is 5.86. The van der Waals surface area contributed by atoms with E-state index in [4.69, 9.17) is 4.74 Å². The van der Waals surface area contributed by atoms with Crippen molar-refractivity contribution in [2.75, 3.05) is 13.2 Å². The number of nitrogens with zero attached hydrogens (tertiary/aromatic N) is 4. The predicted octanol–water partition coefficient (Wildman–Crippen LogP) is 0.913. The molecule has 18 heavy (non-hydrogen) atoms. The van der Waals surface area contributed by atoms with Crippen LogP contribution < -0.4 is 5.32 Å². The van der Waals surface area contributed by atoms with Crippen molar-refractivity contribution in [3.05, 3.63) is 5.82 Å². The zero-order chi connectivity index (χ0) is 12.4. The minimum atomic E-state index is 0.332. The third-order valence-corrected chi connectivity index (χ3v) is 3.77. The Hall–Kier alpha value is -1.01. The summed E-state index contributed by atoms with van der Waals surface area (Å²) < 4.78 is 7.84. The van der Waals surface area contributed by atoms with E-state index in [9.17, 15) is 0 Å². The first-order valence-electron chi connectivity index (χ1n) is 6.99. The molecule has 1 N–H and O–H groups in total. The molecule has 2 fully saturated rings. The second kappa shape index (κ2) is 5.32. The molecule has 1 aliphatic carbocycles. The fraction of sp³-hybridized carbons (Fsp3) is 0.917. The Kier molecular flexibility index (Phi) is 3.56. The number of aromatic nitrogens is 4. The van der Waals surface area contributed by atoms with E-state index in [2.05, 4.69) is 27.8 Å². The molecule has 0 radical (unpaired) electrons. The molecule has 2 aliphatic rings. The van der Waals surface area contributed by atoms with Gasteiger partial charge in [-0.1, -0.05) is 6.92 Å². The Morgan fingerprint density at radius 3 is 3.06 bits per heavy atom. The van der Waals surface area contributed by atoms with Gasteiger partial charge < -0.3 is 10.1 Å². The van der Waals surface area contributed by atoms with Crippen molar-refractivity contribution in [1.82, 2.24) is 25.5 Å². The third-order valence-electron chi connectivity index (χ3n) is 3.77. The Morgan fingerprint density at radius 2 is 2.28 bits per heavy atom. The third kappa shape index (κ3) is 2.40. The van der Waals surface area contributed by atoms with Crippen LogP contribution in [-0.2, 0) is 11.3 Å². The van der Waals surface area contributed by atoms with Gasteiger partial charge in [-0.25, -0.2) is 4.68 Å². The average Bonchev–Trinajstić information content (AvgIpc) is 2.93. The lowest BCUT2D eigenvalue weighted by Gasteiger charge is -2.19. The van der Waals surface area contributed by atoms with Crippen molar-refractivity contribution in [1.29, 1.82) is 0 Å². The molecule has 6 nitrogen and oxygen atoms in total. The Morgan fingerprint density at radius 1 is 1.39 bits per heavy atom. The molecular formula is C12H21N5O.